The van der Waals surface area contributed by atoms with Gasteiger partial charge in [0.2, 0.25) is 0 Å². The van der Waals surface area contributed by atoms with Crippen molar-refractivity contribution in [1.29, 1.82) is 0 Å². The summed E-state index contributed by atoms with van der Waals surface area (Å²) in [4.78, 5) is 46.4. The molecule has 2 N–H and O–H groups in total. The number of rotatable bonds is 6. The fourth-order valence-electron chi connectivity index (χ4n) is 1.86. The van der Waals surface area contributed by atoms with E-state index in [1.54, 1.807) is 12.1 Å². The predicted octanol–water partition coefficient (Wildman–Crippen LogP) is 1.65. The monoisotopic (exact) mass is 334 g/mol. The molecule has 7 nitrogen and oxygen atoms in total. The van der Waals surface area contributed by atoms with E-state index in [4.69, 9.17) is 4.74 Å². The predicted molar refractivity (Wildman–Crippen MR) is 87.6 cm³/mol. The van der Waals surface area contributed by atoms with Crippen LogP contribution in [0.5, 0.6) is 0 Å². The van der Waals surface area contributed by atoms with E-state index in [1.165, 1.54) is 14.0 Å². The van der Waals surface area contributed by atoms with Gasteiger partial charge in [-0.3, -0.25) is 19.7 Å². The van der Waals surface area contributed by atoms with Gasteiger partial charge in [-0.25, -0.2) is 4.79 Å². The molecular formula is C17H22N2O5. The lowest BCUT2D eigenvalue weighted by molar-refractivity contribution is -0.154. The van der Waals surface area contributed by atoms with Crippen LogP contribution in [0.15, 0.2) is 18.2 Å². The summed E-state index contributed by atoms with van der Waals surface area (Å²) in [7, 11) is 1.36. The maximum Gasteiger partial charge on any atom is 0.321 e. The smallest absolute Gasteiger partial charge is 0.321 e. The molecule has 0 radical (unpaired) electrons. The van der Waals surface area contributed by atoms with Crippen LogP contribution in [0.25, 0.3) is 0 Å². The topological polar surface area (TPSA) is 102 Å². The zero-order chi connectivity index (χ0) is 18.3. The molecule has 0 saturated carbocycles. The van der Waals surface area contributed by atoms with Crippen LogP contribution < -0.4 is 10.6 Å². The number of urea groups is 1. The third-order valence-corrected chi connectivity index (χ3v) is 3.53. The lowest BCUT2D eigenvalue weighted by atomic mass is 10.0. The molecule has 7 heteroatoms. The summed E-state index contributed by atoms with van der Waals surface area (Å²) in [5, 5.41) is 4.22. The van der Waals surface area contributed by atoms with Crippen LogP contribution in [-0.2, 0) is 14.3 Å². The van der Waals surface area contributed by atoms with E-state index in [0.717, 1.165) is 11.1 Å². The van der Waals surface area contributed by atoms with Crippen molar-refractivity contribution in [2.24, 2.45) is 0 Å². The average molecular weight is 334 g/mol. The molecule has 3 amide bonds. The number of ketones is 1. The normalized spacial score (nSPS) is 11.3. The molecule has 0 aromatic heterocycles. The number of aryl methyl sites for hydroxylation is 2. The van der Waals surface area contributed by atoms with E-state index in [2.05, 4.69) is 5.32 Å². The third-order valence-electron chi connectivity index (χ3n) is 3.53. The molecule has 0 spiro atoms. The fourth-order valence-corrected chi connectivity index (χ4v) is 1.86. The molecule has 1 rings (SSSR count). The van der Waals surface area contributed by atoms with E-state index < -0.39 is 24.0 Å². The summed E-state index contributed by atoms with van der Waals surface area (Å²) in [6.45, 7) is 5.21. The van der Waals surface area contributed by atoms with Crippen molar-refractivity contribution in [3.05, 3.63) is 34.9 Å². The molecule has 0 aliphatic rings. The van der Waals surface area contributed by atoms with Gasteiger partial charge >= 0.3 is 12.0 Å². The molecule has 24 heavy (non-hydrogen) atoms. The number of nitrogens with one attached hydrogen (secondary N) is 2. The van der Waals surface area contributed by atoms with Crippen LogP contribution >= 0.6 is 0 Å². The van der Waals surface area contributed by atoms with Crippen LogP contribution in [0.4, 0.5) is 4.79 Å². The van der Waals surface area contributed by atoms with Crippen molar-refractivity contribution < 1.29 is 23.9 Å². The van der Waals surface area contributed by atoms with Crippen LogP contribution in [0.2, 0.25) is 0 Å². The number of Topliss-reactive ketones (excluding diaryl/α,β-unsaturated/α-hetero) is 1. The van der Waals surface area contributed by atoms with Gasteiger partial charge in [-0.05, 0) is 38.0 Å². The Morgan fingerprint density at radius 3 is 2.33 bits per heavy atom. The number of hydrogen-bond donors (Lipinski definition) is 2. The van der Waals surface area contributed by atoms with Crippen LogP contribution in [-0.4, -0.2) is 36.8 Å². The first-order valence-electron chi connectivity index (χ1n) is 7.57. The summed E-state index contributed by atoms with van der Waals surface area (Å²) in [6, 6.07) is 4.66. The van der Waals surface area contributed by atoms with Gasteiger partial charge in [-0.1, -0.05) is 12.1 Å². The lowest BCUT2D eigenvalue weighted by Gasteiger charge is -2.12. The number of benzene rings is 1. The highest BCUT2D eigenvalue weighted by atomic mass is 16.5. The van der Waals surface area contributed by atoms with Crippen LogP contribution in [0.3, 0.4) is 0 Å². The molecule has 0 aliphatic heterocycles. The van der Waals surface area contributed by atoms with Crippen molar-refractivity contribution in [3.8, 4) is 0 Å². The minimum atomic E-state index is -1.12. The number of imide groups is 1. The van der Waals surface area contributed by atoms with Gasteiger partial charge in [0.15, 0.2) is 11.9 Å². The Bertz CT molecular complexity index is 654. The van der Waals surface area contributed by atoms with Crippen molar-refractivity contribution in [2.45, 2.75) is 39.7 Å². The summed E-state index contributed by atoms with van der Waals surface area (Å²) in [5.41, 5.74) is 2.63. The molecule has 0 aliphatic carbocycles. The van der Waals surface area contributed by atoms with Crippen molar-refractivity contribution in [2.75, 3.05) is 7.05 Å². The Morgan fingerprint density at radius 2 is 1.75 bits per heavy atom. The summed E-state index contributed by atoms with van der Waals surface area (Å²) in [5.74, 6) is -1.58. The molecule has 0 heterocycles. The van der Waals surface area contributed by atoms with Gasteiger partial charge in [0.25, 0.3) is 5.91 Å². The number of carbonyl (C=O) groups excluding carboxylic acids is 4. The second kappa shape index (κ2) is 8.81. The first kappa shape index (κ1) is 19.3. The molecule has 0 bridgehead atoms. The highest BCUT2D eigenvalue weighted by molar-refractivity contribution is 5.99. The quantitative estimate of drug-likeness (QED) is 0.608. The van der Waals surface area contributed by atoms with E-state index in [9.17, 15) is 19.2 Å². The molecule has 130 valence electrons. The standard InChI is InChI=1S/C17H22N2O5/c1-10-5-6-13(9-11(10)2)14(20)7-8-15(21)24-12(3)16(22)19-17(23)18-4/h5-6,9,12H,7-8H2,1-4H3,(H2,18,19,22,23)/t12-/m0/s1. The van der Waals surface area contributed by atoms with E-state index in [0.29, 0.717) is 5.56 Å². The SMILES string of the molecule is CNC(=O)NC(=O)[C@H](C)OC(=O)CCC(=O)c1ccc(C)c(C)c1. The number of ether oxygens (including phenoxy) is 1. The highest BCUT2D eigenvalue weighted by Crippen LogP contribution is 2.13. The molecule has 1 aromatic rings. The van der Waals surface area contributed by atoms with Crippen molar-refractivity contribution >= 4 is 23.7 Å². The first-order chi connectivity index (χ1) is 11.2. The van der Waals surface area contributed by atoms with E-state index in [1.807, 2.05) is 25.2 Å². The molecular weight excluding hydrogens is 312 g/mol. The molecule has 1 aromatic carbocycles. The molecule has 0 saturated heterocycles. The lowest BCUT2D eigenvalue weighted by Crippen LogP contribution is -2.43. The Kier molecular flexibility index (Phi) is 7.10. The average Bonchev–Trinajstić information content (AvgIpc) is 2.54. The van der Waals surface area contributed by atoms with Gasteiger partial charge in [-0.2, -0.15) is 0 Å². The van der Waals surface area contributed by atoms with Gasteiger partial charge < -0.3 is 10.1 Å². The Labute approximate surface area is 140 Å². The van der Waals surface area contributed by atoms with Crippen LogP contribution in [0, 0.1) is 13.8 Å². The van der Waals surface area contributed by atoms with E-state index in [-0.39, 0.29) is 18.6 Å². The number of amides is 3. The highest BCUT2D eigenvalue weighted by Gasteiger charge is 2.20. The maximum atomic E-state index is 12.1. The van der Waals surface area contributed by atoms with Gasteiger partial charge in [0.05, 0.1) is 6.42 Å². The second-order valence-corrected chi connectivity index (χ2v) is 5.42. The van der Waals surface area contributed by atoms with Gasteiger partial charge in [0, 0.05) is 19.0 Å². The largest absolute Gasteiger partial charge is 0.453 e. The molecule has 0 unspecified atom stereocenters. The summed E-state index contributed by atoms with van der Waals surface area (Å²) >= 11 is 0. The first-order valence-corrected chi connectivity index (χ1v) is 7.57. The summed E-state index contributed by atoms with van der Waals surface area (Å²) in [6.07, 6.45) is -1.26. The Hall–Kier alpha value is -2.70. The molecule has 1 atom stereocenters. The second-order valence-electron chi connectivity index (χ2n) is 5.42. The maximum absolute atomic E-state index is 12.1. The van der Waals surface area contributed by atoms with Gasteiger partial charge in [0.1, 0.15) is 0 Å². The fraction of sp³-hybridized carbons (Fsp3) is 0.412. The Balaban J connectivity index is 2.47. The Morgan fingerprint density at radius 1 is 1.08 bits per heavy atom. The molecule has 0 fully saturated rings. The zero-order valence-electron chi connectivity index (χ0n) is 14.3. The van der Waals surface area contributed by atoms with Crippen LogP contribution in [0.1, 0.15) is 41.3 Å². The summed E-state index contributed by atoms with van der Waals surface area (Å²) < 4.78 is 4.90. The van der Waals surface area contributed by atoms with Gasteiger partial charge in [-0.15, -0.1) is 0 Å². The minimum absolute atomic E-state index is 0.00881. The minimum Gasteiger partial charge on any atom is -0.453 e. The van der Waals surface area contributed by atoms with E-state index >= 15 is 0 Å². The zero-order valence-corrected chi connectivity index (χ0v) is 14.3. The third kappa shape index (κ3) is 5.83. The number of hydrogen-bond acceptors (Lipinski definition) is 5. The van der Waals surface area contributed by atoms with Crippen molar-refractivity contribution in [1.82, 2.24) is 10.6 Å². The number of carbonyl (C=O) groups is 4. The number of esters is 1. The van der Waals surface area contributed by atoms with Crippen molar-refractivity contribution in [3.63, 3.8) is 0 Å².